The van der Waals surface area contributed by atoms with Crippen LogP contribution in [0.25, 0.3) is 0 Å². The molecule has 0 amide bonds. The van der Waals surface area contributed by atoms with E-state index in [-0.39, 0.29) is 35.2 Å². The second-order valence-electron chi connectivity index (χ2n) is 7.21. The van der Waals surface area contributed by atoms with Crippen molar-refractivity contribution >= 4 is 35.9 Å². The Labute approximate surface area is 182 Å². The lowest BCUT2D eigenvalue weighted by atomic mass is 9.96. The number of nitrogens with one attached hydrogen (secondary N) is 1. The molecule has 1 aliphatic carbocycles. The minimum atomic E-state index is -0.164. The van der Waals surface area contributed by atoms with Crippen LogP contribution in [0.15, 0.2) is 47.7 Å². The van der Waals surface area contributed by atoms with Gasteiger partial charge >= 0.3 is 0 Å². The van der Waals surface area contributed by atoms with Gasteiger partial charge in [0.25, 0.3) is 0 Å². The number of benzene rings is 1. The number of guanidine groups is 1. The molecule has 1 aromatic carbocycles. The number of rotatable bonds is 4. The Morgan fingerprint density at radius 2 is 1.86 bits per heavy atom. The number of nitrogens with zero attached hydrogens (tertiary/aromatic N) is 5. The summed E-state index contributed by atoms with van der Waals surface area (Å²) in [5, 5.41) is 3.52. The Morgan fingerprint density at radius 3 is 2.46 bits per heavy atom. The monoisotopic (exact) mass is 496 g/mol. The fraction of sp³-hybridized carbons (Fsp3) is 0.450. The first kappa shape index (κ1) is 20.8. The molecule has 150 valence electrons. The summed E-state index contributed by atoms with van der Waals surface area (Å²) in [6.07, 6.45) is 5.71. The van der Waals surface area contributed by atoms with Gasteiger partial charge in [0.15, 0.2) is 5.96 Å². The first-order chi connectivity index (χ1) is 13.2. The first-order valence-electron chi connectivity index (χ1n) is 9.44. The highest BCUT2D eigenvalue weighted by Gasteiger charge is 2.44. The van der Waals surface area contributed by atoms with Crippen molar-refractivity contribution in [1.29, 1.82) is 0 Å². The van der Waals surface area contributed by atoms with E-state index in [9.17, 15) is 4.39 Å². The molecule has 1 saturated heterocycles. The normalized spacial score (nSPS) is 18.4. The van der Waals surface area contributed by atoms with Gasteiger partial charge in [-0.3, -0.25) is 4.99 Å². The second kappa shape index (κ2) is 9.02. The van der Waals surface area contributed by atoms with Gasteiger partial charge in [0.05, 0.1) is 0 Å². The molecule has 0 atom stereocenters. The van der Waals surface area contributed by atoms with Crippen molar-refractivity contribution in [1.82, 2.24) is 20.2 Å². The van der Waals surface area contributed by atoms with Crippen molar-refractivity contribution in [2.24, 2.45) is 4.99 Å². The van der Waals surface area contributed by atoms with Crippen LogP contribution in [0, 0.1) is 5.82 Å². The largest absolute Gasteiger partial charge is 0.355 e. The van der Waals surface area contributed by atoms with E-state index in [1.165, 1.54) is 6.07 Å². The van der Waals surface area contributed by atoms with Crippen LogP contribution in [0.5, 0.6) is 0 Å². The highest BCUT2D eigenvalue weighted by molar-refractivity contribution is 14.0. The Hall–Kier alpha value is -1.97. The molecule has 6 nitrogen and oxygen atoms in total. The van der Waals surface area contributed by atoms with E-state index in [1.54, 1.807) is 24.5 Å². The van der Waals surface area contributed by atoms with Gasteiger partial charge in [-0.05, 0) is 36.6 Å². The molecule has 2 heterocycles. The topological polar surface area (TPSA) is 56.7 Å². The third-order valence-electron chi connectivity index (χ3n) is 5.50. The summed E-state index contributed by atoms with van der Waals surface area (Å²) in [4.78, 5) is 17.6. The van der Waals surface area contributed by atoms with Crippen molar-refractivity contribution < 1.29 is 4.39 Å². The smallest absolute Gasteiger partial charge is 0.225 e. The summed E-state index contributed by atoms with van der Waals surface area (Å²) < 4.78 is 13.6. The van der Waals surface area contributed by atoms with Crippen LogP contribution < -0.4 is 10.2 Å². The predicted octanol–water partition coefficient (Wildman–Crippen LogP) is 2.66. The summed E-state index contributed by atoms with van der Waals surface area (Å²) >= 11 is 0. The van der Waals surface area contributed by atoms with E-state index < -0.39 is 0 Å². The molecule has 0 radical (unpaired) electrons. The summed E-state index contributed by atoms with van der Waals surface area (Å²) in [6.45, 7) is 4.24. The molecule has 8 heteroatoms. The van der Waals surface area contributed by atoms with Gasteiger partial charge in [0, 0.05) is 57.6 Å². The van der Waals surface area contributed by atoms with E-state index in [0.29, 0.717) is 0 Å². The van der Waals surface area contributed by atoms with Gasteiger partial charge in [-0.1, -0.05) is 12.1 Å². The number of hydrogen-bond acceptors (Lipinski definition) is 4. The van der Waals surface area contributed by atoms with E-state index in [0.717, 1.165) is 63.0 Å². The standard InChI is InChI=1S/C20H25FN6.HI/c1-22-18(25-15-20(6-7-20)16-4-2-5-17(21)14-16)26-10-12-27(13-11-26)19-23-8-3-9-24-19;/h2-5,8-9,14H,6-7,10-13,15H2,1H3,(H,22,25);1H. The van der Waals surface area contributed by atoms with Crippen molar-refractivity contribution in [2.75, 3.05) is 44.7 Å². The van der Waals surface area contributed by atoms with Crippen LogP contribution in [-0.2, 0) is 5.41 Å². The summed E-state index contributed by atoms with van der Waals surface area (Å²) in [6, 6.07) is 8.82. The van der Waals surface area contributed by atoms with Crippen LogP contribution in [-0.4, -0.2) is 60.6 Å². The minimum Gasteiger partial charge on any atom is -0.355 e. The third kappa shape index (κ3) is 4.53. The Kier molecular flexibility index (Phi) is 6.69. The third-order valence-corrected chi connectivity index (χ3v) is 5.50. The molecule has 2 fully saturated rings. The summed E-state index contributed by atoms with van der Waals surface area (Å²) in [5.41, 5.74) is 1.12. The molecule has 1 aromatic heterocycles. The SMILES string of the molecule is CN=C(NCC1(c2cccc(F)c2)CC1)N1CCN(c2ncccn2)CC1.I. The maximum atomic E-state index is 13.6. The molecule has 0 spiro atoms. The Balaban J connectivity index is 0.00000225. The van der Waals surface area contributed by atoms with Gasteiger partial charge in [-0.15, -0.1) is 24.0 Å². The lowest BCUT2D eigenvalue weighted by molar-refractivity contribution is 0.368. The van der Waals surface area contributed by atoms with Crippen molar-refractivity contribution in [3.63, 3.8) is 0 Å². The zero-order valence-electron chi connectivity index (χ0n) is 16.0. The van der Waals surface area contributed by atoms with Gasteiger partial charge in [-0.25, -0.2) is 14.4 Å². The zero-order valence-corrected chi connectivity index (χ0v) is 18.3. The molecule has 2 aliphatic rings. The number of aliphatic imine (C=N–C) groups is 1. The number of piperazine rings is 1. The molecule has 0 bridgehead atoms. The molecule has 2 aromatic rings. The molecule has 4 rings (SSSR count). The fourth-order valence-corrected chi connectivity index (χ4v) is 3.69. The van der Waals surface area contributed by atoms with E-state index in [2.05, 4.69) is 30.1 Å². The molecule has 1 N–H and O–H groups in total. The highest BCUT2D eigenvalue weighted by Crippen LogP contribution is 2.47. The lowest BCUT2D eigenvalue weighted by Crippen LogP contribution is -2.53. The first-order valence-corrected chi connectivity index (χ1v) is 9.44. The maximum absolute atomic E-state index is 13.6. The average Bonchev–Trinajstić information content (AvgIpc) is 3.51. The number of anilines is 1. The van der Waals surface area contributed by atoms with Crippen LogP contribution >= 0.6 is 24.0 Å². The van der Waals surface area contributed by atoms with Gasteiger partial charge in [0.1, 0.15) is 5.82 Å². The van der Waals surface area contributed by atoms with Crippen molar-refractivity contribution in [3.05, 3.63) is 54.1 Å². The fourth-order valence-electron chi connectivity index (χ4n) is 3.69. The average molecular weight is 496 g/mol. The maximum Gasteiger partial charge on any atom is 0.225 e. The Morgan fingerprint density at radius 1 is 1.14 bits per heavy atom. The van der Waals surface area contributed by atoms with Crippen molar-refractivity contribution in [2.45, 2.75) is 18.3 Å². The highest BCUT2D eigenvalue weighted by atomic mass is 127. The summed E-state index contributed by atoms with van der Waals surface area (Å²) in [7, 11) is 1.82. The van der Waals surface area contributed by atoms with Crippen molar-refractivity contribution in [3.8, 4) is 0 Å². The van der Waals surface area contributed by atoms with Crippen LogP contribution in [0.1, 0.15) is 18.4 Å². The predicted molar refractivity (Wildman–Crippen MR) is 120 cm³/mol. The second-order valence-corrected chi connectivity index (χ2v) is 7.21. The minimum absolute atomic E-state index is 0. The number of halogens is 2. The number of aromatic nitrogens is 2. The molecular weight excluding hydrogens is 470 g/mol. The lowest BCUT2D eigenvalue weighted by Gasteiger charge is -2.36. The van der Waals surface area contributed by atoms with Gasteiger partial charge in [-0.2, -0.15) is 0 Å². The van der Waals surface area contributed by atoms with Crippen LogP contribution in [0.2, 0.25) is 0 Å². The van der Waals surface area contributed by atoms with E-state index >= 15 is 0 Å². The van der Waals surface area contributed by atoms with Gasteiger partial charge < -0.3 is 15.1 Å². The number of hydrogen-bond donors (Lipinski definition) is 1. The molecule has 0 unspecified atom stereocenters. The van der Waals surface area contributed by atoms with Crippen LogP contribution in [0.3, 0.4) is 0 Å². The van der Waals surface area contributed by atoms with Crippen LogP contribution in [0.4, 0.5) is 10.3 Å². The Bertz CT molecular complexity index is 803. The van der Waals surface area contributed by atoms with E-state index in [1.807, 2.05) is 19.2 Å². The quantitative estimate of drug-likeness (QED) is 0.401. The zero-order chi connectivity index (χ0) is 18.7. The van der Waals surface area contributed by atoms with Gasteiger partial charge in [0.2, 0.25) is 5.95 Å². The molecule has 28 heavy (non-hydrogen) atoms. The molecule has 1 saturated carbocycles. The van der Waals surface area contributed by atoms with E-state index in [4.69, 9.17) is 0 Å². The molecular formula is C20H26FIN6. The molecule has 1 aliphatic heterocycles. The summed E-state index contributed by atoms with van der Waals surface area (Å²) in [5.74, 6) is 1.52.